The average molecular weight is 388 g/mol. The van der Waals surface area contributed by atoms with Gasteiger partial charge in [-0.1, -0.05) is 11.6 Å². The third-order valence-electron chi connectivity index (χ3n) is 3.73. The van der Waals surface area contributed by atoms with Crippen molar-refractivity contribution in [3.63, 3.8) is 0 Å². The van der Waals surface area contributed by atoms with Crippen LogP contribution in [0.2, 0.25) is 5.02 Å². The topological polar surface area (TPSA) is 46.6 Å². The van der Waals surface area contributed by atoms with Gasteiger partial charge in [-0.2, -0.15) is 13.2 Å². The number of benzene rings is 2. The fourth-order valence-electron chi connectivity index (χ4n) is 2.72. The van der Waals surface area contributed by atoms with Crippen molar-refractivity contribution in [3.05, 3.63) is 52.3 Å². The second-order valence-corrected chi connectivity index (χ2v) is 5.98. The lowest BCUT2D eigenvalue weighted by Crippen LogP contribution is -2.31. The molecule has 136 valence electrons. The summed E-state index contributed by atoms with van der Waals surface area (Å²) in [5, 5.41) is -0.827. The third kappa shape index (κ3) is 3.24. The van der Waals surface area contributed by atoms with Crippen molar-refractivity contribution in [2.75, 3.05) is 4.90 Å². The second-order valence-electron chi connectivity index (χ2n) is 5.58. The lowest BCUT2D eigenvalue weighted by molar-refractivity contribution is -0.140. The number of alkyl halides is 3. The van der Waals surface area contributed by atoms with Crippen molar-refractivity contribution in [2.24, 2.45) is 0 Å². The number of hydrogen-bond donors (Lipinski definition) is 0. The Labute approximate surface area is 149 Å². The van der Waals surface area contributed by atoms with Crippen LogP contribution in [-0.2, 0) is 22.2 Å². The molecule has 0 atom stereocenters. The first-order valence-electron chi connectivity index (χ1n) is 7.28. The zero-order valence-electron chi connectivity index (χ0n) is 13.2. The summed E-state index contributed by atoms with van der Waals surface area (Å²) in [7, 11) is 0. The molecule has 0 saturated heterocycles. The molecule has 3 rings (SSSR count). The predicted octanol–water partition coefficient (Wildman–Crippen LogP) is 4.73. The van der Waals surface area contributed by atoms with Gasteiger partial charge < -0.3 is 4.74 Å². The minimum Gasteiger partial charge on any atom is -0.457 e. The number of amides is 2. The molecular formula is C17H10ClF4NO3. The molecule has 0 aromatic heterocycles. The van der Waals surface area contributed by atoms with E-state index in [2.05, 4.69) is 0 Å². The molecule has 9 heteroatoms. The molecule has 26 heavy (non-hydrogen) atoms. The molecule has 1 heterocycles. The van der Waals surface area contributed by atoms with E-state index in [1.54, 1.807) is 0 Å². The van der Waals surface area contributed by atoms with E-state index in [0.717, 1.165) is 11.0 Å². The number of ether oxygens (including phenoxy) is 1. The number of rotatable bonds is 2. The highest BCUT2D eigenvalue weighted by molar-refractivity contribution is 6.31. The summed E-state index contributed by atoms with van der Waals surface area (Å²) in [5.41, 5.74) is -0.643. The quantitative estimate of drug-likeness (QED) is 0.700. The van der Waals surface area contributed by atoms with E-state index in [4.69, 9.17) is 16.3 Å². The third-order valence-corrected chi connectivity index (χ3v) is 4.03. The molecule has 4 nitrogen and oxygen atoms in total. The van der Waals surface area contributed by atoms with Gasteiger partial charge in [0.2, 0.25) is 11.8 Å². The lowest BCUT2D eigenvalue weighted by Gasteiger charge is -2.14. The molecule has 2 aromatic carbocycles. The first-order valence-corrected chi connectivity index (χ1v) is 7.66. The first kappa shape index (κ1) is 18.2. The van der Waals surface area contributed by atoms with Gasteiger partial charge in [0.1, 0.15) is 22.9 Å². The molecule has 0 unspecified atom stereocenters. The van der Waals surface area contributed by atoms with E-state index in [0.29, 0.717) is 17.3 Å². The van der Waals surface area contributed by atoms with Gasteiger partial charge in [0.25, 0.3) is 0 Å². The van der Waals surface area contributed by atoms with Crippen LogP contribution >= 0.6 is 11.6 Å². The van der Waals surface area contributed by atoms with Crippen molar-refractivity contribution in [3.8, 4) is 11.5 Å². The summed E-state index contributed by atoms with van der Waals surface area (Å²) >= 11 is 5.52. The van der Waals surface area contributed by atoms with Crippen LogP contribution in [0.4, 0.5) is 23.2 Å². The van der Waals surface area contributed by atoms with Crippen molar-refractivity contribution in [2.45, 2.75) is 19.5 Å². The maximum absolute atomic E-state index is 13.7. The Balaban J connectivity index is 1.91. The second kappa shape index (κ2) is 6.28. The van der Waals surface area contributed by atoms with E-state index in [-0.39, 0.29) is 17.9 Å². The molecule has 0 saturated carbocycles. The largest absolute Gasteiger partial charge is 0.457 e. The van der Waals surface area contributed by atoms with Crippen molar-refractivity contribution < 1.29 is 31.9 Å². The normalized spacial score (nSPS) is 13.8. The fourth-order valence-corrected chi connectivity index (χ4v) is 3.03. The fraction of sp³-hybridized carbons (Fsp3) is 0.176. The van der Waals surface area contributed by atoms with Crippen LogP contribution in [-0.4, -0.2) is 11.8 Å². The SMILES string of the molecule is CC(=O)N1C(=O)Cc2cc(Oc3cc(F)c(C(F)(F)F)c(Cl)c3)ccc21. The number of halogens is 5. The van der Waals surface area contributed by atoms with E-state index >= 15 is 0 Å². The summed E-state index contributed by atoms with van der Waals surface area (Å²) in [4.78, 5) is 24.4. The average Bonchev–Trinajstić information content (AvgIpc) is 2.79. The highest BCUT2D eigenvalue weighted by atomic mass is 35.5. The van der Waals surface area contributed by atoms with Gasteiger partial charge in [-0.25, -0.2) is 4.39 Å². The predicted molar refractivity (Wildman–Crippen MR) is 84.8 cm³/mol. The van der Waals surface area contributed by atoms with Crippen LogP contribution in [0.1, 0.15) is 18.1 Å². The maximum atomic E-state index is 13.7. The number of hydrogen-bond acceptors (Lipinski definition) is 3. The van der Waals surface area contributed by atoms with Gasteiger partial charge in [-0.15, -0.1) is 0 Å². The Kier molecular flexibility index (Phi) is 4.39. The van der Waals surface area contributed by atoms with Crippen LogP contribution in [0, 0.1) is 5.82 Å². The molecule has 0 aliphatic carbocycles. The zero-order valence-corrected chi connectivity index (χ0v) is 13.9. The molecule has 0 N–H and O–H groups in total. The van der Waals surface area contributed by atoms with Crippen molar-refractivity contribution >= 4 is 29.1 Å². The van der Waals surface area contributed by atoms with Gasteiger partial charge in [-0.05, 0) is 23.8 Å². The number of fused-ring (bicyclic) bond motifs is 1. The van der Waals surface area contributed by atoms with Crippen LogP contribution in [0.25, 0.3) is 0 Å². The summed E-state index contributed by atoms with van der Waals surface area (Å²) in [6.45, 7) is 1.25. The highest BCUT2D eigenvalue weighted by Gasteiger charge is 2.37. The minimum atomic E-state index is -4.93. The van der Waals surface area contributed by atoms with Gasteiger partial charge in [0.05, 0.1) is 17.1 Å². The number of carbonyl (C=O) groups excluding carboxylic acids is 2. The zero-order chi connectivity index (χ0) is 19.2. The van der Waals surface area contributed by atoms with Crippen LogP contribution in [0.15, 0.2) is 30.3 Å². The Bertz CT molecular complexity index is 904. The molecule has 0 bridgehead atoms. The van der Waals surface area contributed by atoms with Gasteiger partial charge >= 0.3 is 6.18 Å². The smallest absolute Gasteiger partial charge is 0.420 e. The van der Waals surface area contributed by atoms with Gasteiger partial charge in [0, 0.05) is 19.1 Å². The summed E-state index contributed by atoms with van der Waals surface area (Å²) in [5.74, 6) is -2.45. The molecule has 0 spiro atoms. The Morgan fingerprint density at radius 3 is 2.46 bits per heavy atom. The standard InChI is InChI=1S/C17H10ClF4NO3/c1-8(24)23-14-3-2-10(4-9(14)5-15(23)25)26-11-6-12(18)16(13(19)7-11)17(20,21)22/h2-4,6-7H,5H2,1H3. The van der Waals surface area contributed by atoms with Gasteiger partial charge in [-0.3, -0.25) is 14.5 Å². The molecule has 0 radical (unpaired) electrons. The Morgan fingerprint density at radius 1 is 1.19 bits per heavy atom. The number of nitrogens with zero attached hydrogens (tertiary/aromatic N) is 1. The lowest BCUT2D eigenvalue weighted by atomic mass is 10.1. The highest BCUT2D eigenvalue weighted by Crippen LogP contribution is 2.40. The van der Waals surface area contributed by atoms with Crippen LogP contribution in [0.5, 0.6) is 11.5 Å². The van der Waals surface area contributed by atoms with E-state index in [1.165, 1.54) is 25.1 Å². The molecule has 2 aromatic rings. The number of carbonyl (C=O) groups is 2. The maximum Gasteiger partial charge on any atom is 0.420 e. The number of anilines is 1. The summed E-state index contributed by atoms with van der Waals surface area (Å²) in [6, 6.07) is 5.78. The van der Waals surface area contributed by atoms with Gasteiger partial charge in [0.15, 0.2) is 0 Å². The molecule has 1 aliphatic rings. The monoisotopic (exact) mass is 387 g/mol. The van der Waals surface area contributed by atoms with Crippen molar-refractivity contribution in [1.29, 1.82) is 0 Å². The van der Waals surface area contributed by atoms with Crippen molar-refractivity contribution in [1.82, 2.24) is 0 Å². The number of imide groups is 1. The minimum absolute atomic E-state index is 0.0196. The molecule has 0 fully saturated rings. The van der Waals surface area contributed by atoms with Crippen LogP contribution < -0.4 is 9.64 Å². The van der Waals surface area contributed by atoms with E-state index < -0.39 is 34.4 Å². The molecular weight excluding hydrogens is 378 g/mol. The molecule has 2 amide bonds. The molecule has 1 aliphatic heterocycles. The van der Waals surface area contributed by atoms with E-state index in [9.17, 15) is 27.2 Å². The summed E-state index contributed by atoms with van der Waals surface area (Å²) < 4.78 is 57.3. The Hall–Kier alpha value is -2.61. The summed E-state index contributed by atoms with van der Waals surface area (Å²) in [6.07, 6.45) is -4.95. The first-order chi connectivity index (χ1) is 12.1. The Morgan fingerprint density at radius 2 is 1.88 bits per heavy atom. The van der Waals surface area contributed by atoms with Crippen LogP contribution in [0.3, 0.4) is 0 Å². The van der Waals surface area contributed by atoms with E-state index in [1.807, 2.05) is 0 Å².